The van der Waals surface area contributed by atoms with Crippen LogP contribution in [0.25, 0.3) is 0 Å². The van der Waals surface area contributed by atoms with Crippen molar-refractivity contribution in [3.8, 4) is 0 Å². The molecule has 0 aromatic carbocycles. The van der Waals surface area contributed by atoms with Gasteiger partial charge in [-0.2, -0.15) is 0 Å². The van der Waals surface area contributed by atoms with Crippen molar-refractivity contribution in [1.82, 2.24) is 10.2 Å². The lowest BCUT2D eigenvalue weighted by Crippen LogP contribution is -2.48. The summed E-state index contributed by atoms with van der Waals surface area (Å²) in [5.41, 5.74) is -0.0648. The fourth-order valence-corrected chi connectivity index (χ4v) is 2.85. The SMILES string of the molecule is CCOC(=O)C(C)(CCCCN1CCC(C)(C)C1)NC. The zero-order valence-corrected chi connectivity index (χ0v) is 13.9. The molecule has 1 heterocycles. The van der Waals surface area contributed by atoms with Gasteiger partial charge in [-0.25, -0.2) is 0 Å². The summed E-state index contributed by atoms with van der Waals surface area (Å²) >= 11 is 0. The summed E-state index contributed by atoms with van der Waals surface area (Å²) in [7, 11) is 1.83. The van der Waals surface area contributed by atoms with Crippen molar-refractivity contribution in [2.45, 2.75) is 58.9 Å². The Hall–Kier alpha value is -0.610. The molecule has 4 nitrogen and oxygen atoms in total. The first-order chi connectivity index (χ1) is 9.33. The van der Waals surface area contributed by atoms with Crippen LogP contribution in [0.5, 0.6) is 0 Å². The van der Waals surface area contributed by atoms with Crippen LogP contribution in [0.1, 0.15) is 53.4 Å². The number of rotatable bonds is 8. The van der Waals surface area contributed by atoms with E-state index in [1.807, 2.05) is 20.9 Å². The average molecular weight is 284 g/mol. The number of ether oxygens (including phenoxy) is 1. The highest BCUT2D eigenvalue weighted by Crippen LogP contribution is 2.29. The Morgan fingerprint density at radius 3 is 2.60 bits per heavy atom. The summed E-state index contributed by atoms with van der Waals surface area (Å²) in [6.45, 7) is 12.5. The maximum Gasteiger partial charge on any atom is 0.326 e. The molecule has 0 bridgehead atoms. The third-order valence-electron chi connectivity index (χ3n) is 4.44. The Kier molecular flexibility index (Phi) is 6.46. The van der Waals surface area contributed by atoms with E-state index < -0.39 is 5.54 Å². The van der Waals surface area contributed by atoms with E-state index in [4.69, 9.17) is 4.74 Å². The molecular weight excluding hydrogens is 252 g/mol. The molecule has 1 unspecified atom stereocenters. The van der Waals surface area contributed by atoms with Crippen molar-refractivity contribution < 1.29 is 9.53 Å². The summed E-state index contributed by atoms with van der Waals surface area (Å²) in [6, 6.07) is 0. The Morgan fingerprint density at radius 2 is 2.10 bits per heavy atom. The highest BCUT2D eigenvalue weighted by Gasteiger charge is 2.32. The van der Waals surface area contributed by atoms with Crippen LogP contribution in [0, 0.1) is 5.41 Å². The van der Waals surface area contributed by atoms with Gasteiger partial charge >= 0.3 is 5.97 Å². The van der Waals surface area contributed by atoms with Gasteiger partial charge in [0.2, 0.25) is 0 Å². The predicted octanol–water partition coefficient (Wildman–Crippen LogP) is 2.43. The topological polar surface area (TPSA) is 41.6 Å². The zero-order chi connectivity index (χ0) is 15.2. The highest BCUT2D eigenvalue weighted by molar-refractivity contribution is 5.80. The van der Waals surface area contributed by atoms with E-state index in [9.17, 15) is 4.79 Å². The Balaban J connectivity index is 2.27. The molecular formula is C16H32N2O2. The van der Waals surface area contributed by atoms with E-state index in [0.29, 0.717) is 12.0 Å². The Morgan fingerprint density at radius 1 is 1.40 bits per heavy atom. The number of hydrogen-bond donors (Lipinski definition) is 1. The maximum absolute atomic E-state index is 11.9. The van der Waals surface area contributed by atoms with Crippen LogP contribution in [0.2, 0.25) is 0 Å². The number of hydrogen-bond acceptors (Lipinski definition) is 4. The standard InChI is InChI=1S/C16H32N2O2/c1-6-20-14(19)16(4,17-5)9-7-8-11-18-12-10-15(2,3)13-18/h17H,6-13H2,1-5H3. The van der Waals surface area contributed by atoms with Gasteiger partial charge in [0.15, 0.2) is 0 Å². The van der Waals surface area contributed by atoms with E-state index in [0.717, 1.165) is 25.8 Å². The highest BCUT2D eigenvalue weighted by atomic mass is 16.5. The van der Waals surface area contributed by atoms with Crippen LogP contribution >= 0.6 is 0 Å². The first-order valence-electron chi connectivity index (χ1n) is 7.91. The molecule has 0 amide bonds. The third kappa shape index (κ3) is 5.06. The van der Waals surface area contributed by atoms with Gasteiger partial charge < -0.3 is 15.0 Å². The number of likely N-dealkylation sites (N-methyl/N-ethyl adjacent to an activating group) is 1. The molecule has 0 aromatic rings. The van der Waals surface area contributed by atoms with Gasteiger partial charge in [-0.15, -0.1) is 0 Å². The minimum atomic E-state index is -0.541. The zero-order valence-electron chi connectivity index (χ0n) is 13.9. The lowest BCUT2D eigenvalue weighted by atomic mass is 9.93. The molecule has 1 fully saturated rings. The number of esters is 1. The maximum atomic E-state index is 11.9. The van der Waals surface area contributed by atoms with Crippen molar-refractivity contribution in [3.05, 3.63) is 0 Å². The second kappa shape index (κ2) is 7.41. The molecule has 0 aromatic heterocycles. The van der Waals surface area contributed by atoms with Crippen LogP contribution in [-0.2, 0) is 9.53 Å². The smallest absolute Gasteiger partial charge is 0.326 e. The number of nitrogens with one attached hydrogen (secondary N) is 1. The third-order valence-corrected chi connectivity index (χ3v) is 4.44. The van der Waals surface area contributed by atoms with Crippen LogP contribution < -0.4 is 5.32 Å². The molecule has 0 saturated carbocycles. The summed E-state index contributed by atoms with van der Waals surface area (Å²) in [5.74, 6) is -0.134. The van der Waals surface area contributed by atoms with E-state index in [1.165, 1.54) is 19.5 Å². The molecule has 0 aliphatic carbocycles. The molecule has 1 aliphatic heterocycles. The van der Waals surface area contributed by atoms with Crippen molar-refractivity contribution >= 4 is 5.97 Å². The van der Waals surface area contributed by atoms with Crippen molar-refractivity contribution in [3.63, 3.8) is 0 Å². The fourth-order valence-electron chi connectivity index (χ4n) is 2.85. The van der Waals surface area contributed by atoms with Crippen molar-refractivity contribution in [2.75, 3.05) is 33.3 Å². The average Bonchev–Trinajstić information content (AvgIpc) is 2.74. The number of unbranched alkanes of at least 4 members (excludes halogenated alkanes) is 1. The molecule has 1 N–H and O–H groups in total. The minimum absolute atomic E-state index is 0.134. The van der Waals surface area contributed by atoms with Crippen LogP contribution in [0.4, 0.5) is 0 Å². The lowest BCUT2D eigenvalue weighted by molar-refractivity contribution is -0.150. The first kappa shape index (κ1) is 17.4. The van der Waals surface area contributed by atoms with Gasteiger partial charge in [0.25, 0.3) is 0 Å². The second-order valence-corrected chi connectivity index (χ2v) is 6.95. The number of likely N-dealkylation sites (tertiary alicyclic amines) is 1. The fraction of sp³-hybridized carbons (Fsp3) is 0.938. The van der Waals surface area contributed by atoms with Gasteiger partial charge in [-0.05, 0) is 65.1 Å². The molecule has 1 atom stereocenters. The van der Waals surface area contributed by atoms with Crippen molar-refractivity contribution in [2.24, 2.45) is 5.41 Å². The normalized spacial score (nSPS) is 21.6. The van der Waals surface area contributed by atoms with E-state index >= 15 is 0 Å². The van der Waals surface area contributed by atoms with Gasteiger partial charge in [-0.1, -0.05) is 13.8 Å². The Labute approximate surface area is 124 Å². The second-order valence-electron chi connectivity index (χ2n) is 6.95. The summed E-state index contributed by atoms with van der Waals surface area (Å²) < 4.78 is 5.14. The quantitative estimate of drug-likeness (QED) is 0.549. The van der Waals surface area contributed by atoms with Gasteiger partial charge in [0.1, 0.15) is 5.54 Å². The van der Waals surface area contributed by atoms with Gasteiger partial charge in [0.05, 0.1) is 6.61 Å². The minimum Gasteiger partial charge on any atom is -0.465 e. The first-order valence-corrected chi connectivity index (χ1v) is 7.91. The summed E-state index contributed by atoms with van der Waals surface area (Å²) in [4.78, 5) is 14.5. The molecule has 0 spiro atoms. The van der Waals surface area contributed by atoms with Crippen molar-refractivity contribution in [1.29, 1.82) is 0 Å². The molecule has 1 saturated heterocycles. The lowest BCUT2D eigenvalue weighted by Gasteiger charge is -2.27. The molecule has 1 rings (SSSR count). The number of nitrogens with zero attached hydrogens (tertiary/aromatic N) is 1. The van der Waals surface area contributed by atoms with Gasteiger partial charge in [-0.3, -0.25) is 4.79 Å². The molecule has 0 radical (unpaired) electrons. The van der Waals surface area contributed by atoms with Crippen LogP contribution in [0.15, 0.2) is 0 Å². The number of carbonyl (C=O) groups is 1. The molecule has 20 heavy (non-hydrogen) atoms. The molecule has 4 heteroatoms. The summed E-state index contributed by atoms with van der Waals surface area (Å²) in [5, 5.41) is 3.12. The van der Waals surface area contributed by atoms with Crippen LogP contribution in [0.3, 0.4) is 0 Å². The predicted molar refractivity (Wildman–Crippen MR) is 82.8 cm³/mol. The Bertz CT molecular complexity index is 318. The largest absolute Gasteiger partial charge is 0.465 e. The van der Waals surface area contributed by atoms with E-state index in [1.54, 1.807) is 0 Å². The van der Waals surface area contributed by atoms with Gasteiger partial charge in [0, 0.05) is 6.54 Å². The molecule has 118 valence electrons. The van der Waals surface area contributed by atoms with E-state index in [-0.39, 0.29) is 5.97 Å². The summed E-state index contributed by atoms with van der Waals surface area (Å²) in [6.07, 6.45) is 4.32. The van der Waals surface area contributed by atoms with Crippen LogP contribution in [-0.4, -0.2) is 49.7 Å². The number of carbonyl (C=O) groups excluding carboxylic acids is 1. The monoisotopic (exact) mass is 284 g/mol. The van der Waals surface area contributed by atoms with E-state index in [2.05, 4.69) is 24.1 Å². The molecule has 1 aliphatic rings.